The average Bonchev–Trinajstić information content (AvgIpc) is 2.45. The molecule has 0 aliphatic carbocycles. The van der Waals surface area contributed by atoms with E-state index in [1.165, 1.54) is 18.4 Å². The average molecular weight is 323 g/mol. The van der Waals surface area contributed by atoms with Gasteiger partial charge in [-0.3, -0.25) is 0 Å². The van der Waals surface area contributed by atoms with Crippen LogP contribution in [0.15, 0.2) is 30.3 Å². The molecule has 22 heavy (non-hydrogen) atoms. The van der Waals surface area contributed by atoms with Gasteiger partial charge in [-0.15, -0.1) is 0 Å². The van der Waals surface area contributed by atoms with Crippen LogP contribution in [-0.4, -0.2) is 38.8 Å². The summed E-state index contributed by atoms with van der Waals surface area (Å²) in [4.78, 5) is 6.54. The predicted octanol–water partition coefficient (Wildman–Crippen LogP) is 1.89. The number of anilines is 1. The van der Waals surface area contributed by atoms with Crippen LogP contribution in [0.25, 0.3) is 10.9 Å². The number of hydrogen-bond acceptors (Lipinski definition) is 4. The Hall–Kier alpha value is -1.73. The maximum absolute atomic E-state index is 13.3. The molecule has 0 unspecified atom stereocenters. The van der Waals surface area contributed by atoms with Crippen LogP contribution in [-0.2, 0) is 10.0 Å². The summed E-state index contributed by atoms with van der Waals surface area (Å²) in [5, 5.41) is 0.882. The highest BCUT2D eigenvalue weighted by Crippen LogP contribution is 2.22. The van der Waals surface area contributed by atoms with E-state index in [1.54, 1.807) is 6.07 Å². The van der Waals surface area contributed by atoms with Crippen molar-refractivity contribution in [2.75, 3.05) is 24.2 Å². The summed E-state index contributed by atoms with van der Waals surface area (Å²) >= 11 is 0. The van der Waals surface area contributed by atoms with Gasteiger partial charge >= 0.3 is 0 Å². The SMILES string of the molecule is CS(=O)(=O)N[C@@H]1CCCN(c2ccc3ccc(F)cc3n2)C1. The van der Waals surface area contributed by atoms with Gasteiger partial charge in [0, 0.05) is 30.6 Å². The van der Waals surface area contributed by atoms with Crippen molar-refractivity contribution < 1.29 is 12.8 Å². The number of nitrogens with zero attached hydrogens (tertiary/aromatic N) is 2. The van der Waals surface area contributed by atoms with E-state index in [2.05, 4.69) is 9.71 Å². The molecule has 2 aromatic rings. The molecule has 0 amide bonds. The van der Waals surface area contributed by atoms with Gasteiger partial charge < -0.3 is 4.90 Å². The zero-order valence-corrected chi connectivity index (χ0v) is 13.1. The smallest absolute Gasteiger partial charge is 0.209 e. The summed E-state index contributed by atoms with van der Waals surface area (Å²) in [5.41, 5.74) is 0.607. The third-order valence-corrected chi connectivity index (χ3v) is 4.53. The van der Waals surface area contributed by atoms with Crippen LogP contribution in [0.2, 0.25) is 0 Å². The van der Waals surface area contributed by atoms with Gasteiger partial charge in [-0.25, -0.2) is 22.5 Å². The van der Waals surface area contributed by atoms with E-state index < -0.39 is 10.0 Å². The maximum atomic E-state index is 13.3. The third-order valence-electron chi connectivity index (χ3n) is 3.77. The Morgan fingerprint density at radius 1 is 1.32 bits per heavy atom. The van der Waals surface area contributed by atoms with E-state index in [-0.39, 0.29) is 11.9 Å². The topological polar surface area (TPSA) is 62.3 Å². The molecule has 1 aliphatic rings. The number of rotatable bonds is 3. The standard InChI is InChI=1S/C15H18FN3O2S/c1-22(20,21)18-13-3-2-8-19(10-13)15-7-5-11-4-6-12(16)9-14(11)17-15/h4-7,9,13,18H,2-3,8,10H2,1H3/t13-/m1/s1. The zero-order chi connectivity index (χ0) is 15.7. The Kier molecular flexibility index (Phi) is 4.01. The van der Waals surface area contributed by atoms with Crippen molar-refractivity contribution in [2.24, 2.45) is 0 Å². The highest BCUT2D eigenvalue weighted by atomic mass is 32.2. The first-order valence-electron chi connectivity index (χ1n) is 7.19. The van der Waals surface area contributed by atoms with Crippen molar-refractivity contribution in [1.82, 2.24) is 9.71 Å². The van der Waals surface area contributed by atoms with Crippen LogP contribution in [0.4, 0.5) is 10.2 Å². The van der Waals surface area contributed by atoms with Gasteiger partial charge in [0.25, 0.3) is 0 Å². The lowest BCUT2D eigenvalue weighted by Crippen LogP contribution is -2.47. The maximum Gasteiger partial charge on any atom is 0.209 e. The first-order valence-corrected chi connectivity index (χ1v) is 9.08. The summed E-state index contributed by atoms with van der Waals surface area (Å²) in [6.07, 6.45) is 2.87. The molecule has 1 atom stereocenters. The molecule has 5 nitrogen and oxygen atoms in total. The number of fused-ring (bicyclic) bond motifs is 1. The zero-order valence-electron chi connectivity index (χ0n) is 12.3. The second-order valence-corrected chi connectivity index (χ2v) is 7.46. The Morgan fingerprint density at radius 2 is 2.09 bits per heavy atom. The molecule has 1 fully saturated rings. The Balaban J connectivity index is 1.83. The first-order chi connectivity index (χ1) is 10.4. The summed E-state index contributed by atoms with van der Waals surface area (Å²) < 4.78 is 38.7. The molecular weight excluding hydrogens is 305 g/mol. The van der Waals surface area contributed by atoms with E-state index in [0.29, 0.717) is 12.1 Å². The molecule has 0 bridgehead atoms. The highest BCUT2D eigenvalue weighted by Gasteiger charge is 2.23. The lowest BCUT2D eigenvalue weighted by atomic mass is 10.1. The fourth-order valence-electron chi connectivity index (χ4n) is 2.84. The molecule has 1 saturated heterocycles. The quantitative estimate of drug-likeness (QED) is 0.937. The lowest BCUT2D eigenvalue weighted by Gasteiger charge is -2.33. The summed E-state index contributed by atoms with van der Waals surface area (Å²) in [6, 6.07) is 8.21. The van der Waals surface area contributed by atoms with Gasteiger partial charge in [0.1, 0.15) is 11.6 Å². The van der Waals surface area contributed by atoms with Crippen LogP contribution in [0.5, 0.6) is 0 Å². The summed E-state index contributed by atoms with van der Waals surface area (Å²) in [7, 11) is -3.22. The highest BCUT2D eigenvalue weighted by molar-refractivity contribution is 7.88. The lowest BCUT2D eigenvalue weighted by molar-refractivity contribution is 0.466. The number of sulfonamides is 1. The number of aromatic nitrogens is 1. The number of hydrogen-bond donors (Lipinski definition) is 1. The minimum Gasteiger partial charge on any atom is -0.355 e. The molecule has 118 valence electrons. The minimum atomic E-state index is -3.22. The molecule has 7 heteroatoms. The van der Waals surface area contributed by atoms with Gasteiger partial charge in [-0.1, -0.05) is 0 Å². The number of piperidine rings is 1. The second-order valence-electron chi connectivity index (χ2n) is 5.68. The van der Waals surface area contributed by atoms with E-state index in [9.17, 15) is 12.8 Å². The Bertz CT molecular complexity index is 794. The fraction of sp³-hybridized carbons (Fsp3) is 0.400. The van der Waals surface area contributed by atoms with Crippen molar-refractivity contribution >= 4 is 26.7 Å². The predicted molar refractivity (Wildman–Crippen MR) is 84.9 cm³/mol. The summed E-state index contributed by atoms with van der Waals surface area (Å²) in [5.74, 6) is 0.436. The van der Waals surface area contributed by atoms with Crippen LogP contribution in [0.3, 0.4) is 0 Å². The number of pyridine rings is 1. The van der Waals surface area contributed by atoms with Crippen molar-refractivity contribution in [3.8, 4) is 0 Å². The van der Waals surface area contributed by atoms with Gasteiger partial charge in [0.15, 0.2) is 0 Å². The molecule has 3 rings (SSSR count). The molecular formula is C15H18FN3O2S. The number of halogens is 1. The van der Waals surface area contributed by atoms with Gasteiger partial charge in [-0.2, -0.15) is 0 Å². The molecule has 0 saturated carbocycles. The van der Waals surface area contributed by atoms with Crippen LogP contribution in [0.1, 0.15) is 12.8 Å². The van der Waals surface area contributed by atoms with Crippen molar-refractivity contribution in [1.29, 1.82) is 0 Å². The molecule has 2 heterocycles. The van der Waals surface area contributed by atoms with Crippen LogP contribution >= 0.6 is 0 Å². The number of benzene rings is 1. The first kappa shape index (κ1) is 15.2. The van der Waals surface area contributed by atoms with E-state index in [1.807, 2.05) is 17.0 Å². The summed E-state index contributed by atoms with van der Waals surface area (Å²) in [6.45, 7) is 1.39. The largest absolute Gasteiger partial charge is 0.355 e. The fourth-order valence-corrected chi connectivity index (χ4v) is 3.64. The molecule has 1 N–H and O–H groups in total. The van der Waals surface area contributed by atoms with Gasteiger partial charge in [0.05, 0.1) is 11.8 Å². The minimum absolute atomic E-state index is 0.117. The van der Waals surface area contributed by atoms with Crippen LogP contribution in [0, 0.1) is 5.82 Å². The van der Waals surface area contributed by atoms with E-state index >= 15 is 0 Å². The van der Waals surface area contributed by atoms with E-state index in [0.717, 1.165) is 30.6 Å². The van der Waals surface area contributed by atoms with E-state index in [4.69, 9.17) is 0 Å². The molecule has 0 radical (unpaired) electrons. The molecule has 1 aromatic carbocycles. The Labute approximate surface area is 129 Å². The molecule has 0 spiro atoms. The second kappa shape index (κ2) is 5.81. The monoisotopic (exact) mass is 323 g/mol. The number of nitrogens with one attached hydrogen (secondary N) is 1. The van der Waals surface area contributed by atoms with Gasteiger partial charge in [0.2, 0.25) is 10.0 Å². The van der Waals surface area contributed by atoms with Crippen molar-refractivity contribution in [3.63, 3.8) is 0 Å². The molecule has 1 aromatic heterocycles. The third kappa shape index (κ3) is 3.53. The molecule has 1 aliphatic heterocycles. The normalized spacial score (nSPS) is 19.5. The van der Waals surface area contributed by atoms with Crippen LogP contribution < -0.4 is 9.62 Å². The van der Waals surface area contributed by atoms with Crippen molar-refractivity contribution in [3.05, 3.63) is 36.1 Å². The van der Waals surface area contributed by atoms with Crippen molar-refractivity contribution in [2.45, 2.75) is 18.9 Å². The van der Waals surface area contributed by atoms with Gasteiger partial charge in [-0.05, 0) is 37.1 Å². The Morgan fingerprint density at radius 3 is 2.86 bits per heavy atom.